The summed E-state index contributed by atoms with van der Waals surface area (Å²) in [5.41, 5.74) is 2.43. The Bertz CT molecular complexity index is 756. The van der Waals surface area contributed by atoms with Crippen molar-refractivity contribution >= 4 is 15.9 Å². The highest BCUT2D eigenvalue weighted by molar-refractivity contribution is 9.09. The van der Waals surface area contributed by atoms with Crippen molar-refractivity contribution in [3.8, 4) is 22.6 Å². The van der Waals surface area contributed by atoms with Crippen LogP contribution in [0.1, 0.15) is 122 Å². The van der Waals surface area contributed by atoms with Crippen molar-refractivity contribution in [1.82, 2.24) is 0 Å². The van der Waals surface area contributed by atoms with Crippen LogP contribution < -0.4 is 9.47 Å². The zero-order valence-corrected chi connectivity index (χ0v) is 25.2. The smallest absolute Gasteiger partial charge is 0.119 e. The molecule has 0 atom stereocenters. The quantitative estimate of drug-likeness (QED) is 0.0918. The average molecular weight is 574 g/mol. The highest BCUT2D eigenvalue weighted by atomic mass is 79.9. The second kappa shape index (κ2) is 22.5. The van der Waals surface area contributed by atoms with E-state index in [1.807, 2.05) is 0 Å². The molecule has 0 spiro atoms. The third kappa shape index (κ3) is 16.2. The molecule has 2 aromatic rings. The molecule has 0 fully saturated rings. The Balaban J connectivity index is 1.52. The molecular weight excluding hydrogens is 520 g/mol. The fourth-order valence-electron chi connectivity index (χ4n) is 4.71. The van der Waals surface area contributed by atoms with Crippen LogP contribution in [0.3, 0.4) is 0 Å². The lowest BCUT2D eigenvalue weighted by molar-refractivity contribution is 0.304. The van der Waals surface area contributed by atoms with E-state index in [2.05, 4.69) is 71.4 Å². The van der Waals surface area contributed by atoms with Crippen LogP contribution in [0.4, 0.5) is 0 Å². The van der Waals surface area contributed by atoms with E-state index in [0.29, 0.717) is 0 Å². The number of rotatable bonds is 24. The first-order chi connectivity index (χ1) is 18.3. The van der Waals surface area contributed by atoms with Crippen molar-refractivity contribution in [1.29, 1.82) is 0 Å². The SMILES string of the molecule is CCCCCCCCCCCCOc1ccc(-c2ccc(OCCCCCCCCCCBr)cc2)cc1. The van der Waals surface area contributed by atoms with Gasteiger partial charge in [0.05, 0.1) is 13.2 Å². The molecule has 0 aromatic heterocycles. The van der Waals surface area contributed by atoms with E-state index < -0.39 is 0 Å². The molecule has 0 saturated heterocycles. The maximum Gasteiger partial charge on any atom is 0.119 e. The molecule has 0 aliphatic rings. The van der Waals surface area contributed by atoms with E-state index in [-0.39, 0.29) is 0 Å². The Hall–Kier alpha value is -1.48. The summed E-state index contributed by atoms with van der Waals surface area (Å²) in [6, 6.07) is 17.0. The van der Waals surface area contributed by atoms with E-state index in [9.17, 15) is 0 Å². The van der Waals surface area contributed by atoms with Gasteiger partial charge in [-0.25, -0.2) is 0 Å². The minimum atomic E-state index is 0.814. The van der Waals surface area contributed by atoms with Crippen LogP contribution in [-0.2, 0) is 0 Å². The van der Waals surface area contributed by atoms with Crippen LogP contribution in [0.15, 0.2) is 48.5 Å². The molecular formula is C34H53BrO2. The van der Waals surface area contributed by atoms with Crippen molar-refractivity contribution in [3.63, 3.8) is 0 Å². The second-order valence-corrected chi connectivity index (χ2v) is 11.2. The number of alkyl halides is 1. The van der Waals surface area contributed by atoms with Crippen LogP contribution in [0.2, 0.25) is 0 Å². The highest BCUT2D eigenvalue weighted by Gasteiger charge is 2.01. The summed E-state index contributed by atoms with van der Waals surface area (Å²) in [6.07, 6.45) is 24.1. The molecule has 0 N–H and O–H groups in total. The fraction of sp³-hybridized carbons (Fsp3) is 0.647. The van der Waals surface area contributed by atoms with Gasteiger partial charge in [-0.15, -0.1) is 0 Å². The number of halogens is 1. The maximum atomic E-state index is 5.97. The van der Waals surface area contributed by atoms with E-state index >= 15 is 0 Å². The zero-order valence-electron chi connectivity index (χ0n) is 23.7. The molecule has 208 valence electrons. The topological polar surface area (TPSA) is 18.5 Å². The molecule has 0 amide bonds. The zero-order chi connectivity index (χ0) is 26.2. The fourth-order valence-corrected chi connectivity index (χ4v) is 5.11. The van der Waals surface area contributed by atoms with Crippen molar-refractivity contribution in [3.05, 3.63) is 48.5 Å². The van der Waals surface area contributed by atoms with E-state index in [1.54, 1.807) is 0 Å². The summed E-state index contributed by atoms with van der Waals surface area (Å²) < 4.78 is 11.9. The summed E-state index contributed by atoms with van der Waals surface area (Å²) in [5.74, 6) is 1.94. The van der Waals surface area contributed by atoms with Gasteiger partial charge in [0, 0.05) is 5.33 Å². The standard InChI is InChI=1S/C34H53BrO2/c1-2-3-4-5-6-7-9-12-15-18-29-36-33-24-20-31(21-25-33)32-22-26-34(27-23-32)37-30-19-16-13-10-8-11-14-17-28-35/h20-27H,2-19,28-30H2,1H3. The molecule has 0 bridgehead atoms. The summed E-state index contributed by atoms with van der Waals surface area (Å²) in [6.45, 7) is 3.91. The third-order valence-corrected chi connectivity index (χ3v) is 7.67. The van der Waals surface area contributed by atoms with Crippen molar-refractivity contribution in [2.75, 3.05) is 18.5 Å². The molecule has 0 saturated carbocycles. The van der Waals surface area contributed by atoms with Crippen LogP contribution >= 0.6 is 15.9 Å². The van der Waals surface area contributed by atoms with Gasteiger partial charge in [0.2, 0.25) is 0 Å². The minimum Gasteiger partial charge on any atom is -0.494 e. The lowest BCUT2D eigenvalue weighted by Crippen LogP contribution is -1.97. The Kier molecular flexibility index (Phi) is 19.3. The summed E-state index contributed by atoms with van der Waals surface area (Å²) in [4.78, 5) is 0. The predicted molar refractivity (Wildman–Crippen MR) is 165 cm³/mol. The largest absolute Gasteiger partial charge is 0.494 e. The van der Waals surface area contributed by atoms with Gasteiger partial charge in [0.1, 0.15) is 11.5 Å². The molecule has 0 unspecified atom stereocenters. The van der Waals surface area contributed by atoms with Gasteiger partial charge >= 0.3 is 0 Å². The number of benzene rings is 2. The molecule has 2 rings (SSSR count). The number of hydrogen-bond acceptors (Lipinski definition) is 2. The Morgan fingerprint density at radius 1 is 0.432 bits per heavy atom. The molecule has 2 nitrogen and oxygen atoms in total. The van der Waals surface area contributed by atoms with Gasteiger partial charge in [-0.1, -0.05) is 143 Å². The molecule has 0 heterocycles. The van der Waals surface area contributed by atoms with E-state index in [4.69, 9.17) is 9.47 Å². The Labute approximate surface area is 237 Å². The second-order valence-electron chi connectivity index (χ2n) is 10.4. The predicted octanol–water partition coefficient (Wildman–Crippen LogP) is 11.5. The van der Waals surface area contributed by atoms with Crippen LogP contribution in [-0.4, -0.2) is 18.5 Å². The molecule has 0 aliphatic carbocycles. The summed E-state index contributed by atoms with van der Waals surface area (Å²) in [5, 5.41) is 1.14. The van der Waals surface area contributed by atoms with Crippen LogP contribution in [0.25, 0.3) is 11.1 Å². The number of hydrogen-bond donors (Lipinski definition) is 0. The average Bonchev–Trinajstić information content (AvgIpc) is 2.93. The molecule has 2 aromatic carbocycles. The van der Waals surface area contributed by atoms with Crippen LogP contribution in [0.5, 0.6) is 11.5 Å². The van der Waals surface area contributed by atoms with E-state index in [1.165, 1.54) is 114 Å². The highest BCUT2D eigenvalue weighted by Crippen LogP contribution is 2.25. The van der Waals surface area contributed by atoms with Gasteiger partial charge in [0.25, 0.3) is 0 Å². The van der Waals surface area contributed by atoms with Crippen molar-refractivity contribution < 1.29 is 9.47 Å². The van der Waals surface area contributed by atoms with Gasteiger partial charge in [-0.2, -0.15) is 0 Å². The lowest BCUT2D eigenvalue weighted by Gasteiger charge is -2.09. The Morgan fingerprint density at radius 3 is 1.11 bits per heavy atom. The Morgan fingerprint density at radius 2 is 0.757 bits per heavy atom. The van der Waals surface area contributed by atoms with Crippen molar-refractivity contribution in [2.45, 2.75) is 122 Å². The molecule has 3 heteroatoms. The number of ether oxygens (including phenoxy) is 2. The summed E-state index contributed by atoms with van der Waals surface area (Å²) >= 11 is 3.50. The van der Waals surface area contributed by atoms with E-state index in [0.717, 1.165) is 42.9 Å². The monoisotopic (exact) mass is 572 g/mol. The first kappa shape index (κ1) is 31.7. The first-order valence-electron chi connectivity index (χ1n) is 15.4. The van der Waals surface area contributed by atoms with Gasteiger partial charge in [-0.3, -0.25) is 0 Å². The maximum absolute atomic E-state index is 5.97. The van der Waals surface area contributed by atoms with Gasteiger partial charge in [0.15, 0.2) is 0 Å². The van der Waals surface area contributed by atoms with Gasteiger partial charge < -0.3 is 9.47 Å². The molecule has 0 aliphatic heterocycles. The molecule has 0 radical (unpaired) electrons. The number of unbranched alkanes of at least 4 members (excludes halogenated alkanes) is 16. The van der Waals surface area contributed by atoms with Crippen LogP contribution in [0, 0.1) is 0 Å². The third-order valence-electron chi connectivity index (χ3n) is 7.11. The summed E-state index contributed by atoms with van der Waals surface area (Å²) in [7, 11) is 0. The molecule has 37 heavy (non-hydrogen) atoms. The van der Waals surface area contributed by atoms with Crippen molar-refractivity contribution in [2.24, 2.45) is 0 Å². The first-order valence-corrected chi connectivity index (χ1v) is 16.5. The minimum absolute atomic E-state index is 0.814. The lowest BCUT2D eigenvalue weighted by atomic mass is 10.1. The normalized spacial score (nSPS) is 11.1. The van der Waals surface area contributed by atoms with Gasteiger partial charge in [-0.05, 0) is 54.7 Å².